The van der Waals surface area contributed by atoms with Crippen molar-refractivity contribution in [2.24, 2.45) is 0 Å². The number of carbonyl (C=O) groups is 2. The van der Waals surface area contributed by atoms with E-state index in [-0.39, 0.29) is 18.9 Å². The summed E-state index contributed by atoms with van der Waals surface area (Å²) in [6.07, 6.45) is 0.182. The molecule has 6 heteroatoms. The Hall–Kier alpha value is -2.63. The molecule has 1 amide bonds. The molecule has 0 atom stereocenters. The highest BCUT2D eigenvalue weighted by Gasteiger charge is 2.16. The van der Waals surface area contributed by atoms with Gasteiger partial charge in [-0.3, -0.25) is 9.59 Å². The van der Waals surface area contributed by atoms with Crippen molar-refractivity contribution in [1.29, 1.82) is 0 Å². The molecule has 0 spiro atoms. The molecular weight excluding hydrogens is 282 g/mol. The van der Waals surface area contributed by atoms with Crippen LogP contribution in [0.15, 0.2) is 30.3 Å². The van der Waals surface area contributed by atoms with E-state index in [1.54, 1.807) is 0 Å². The van der Waals surface area contributed by atoms with Crippen LogP contribution in [0.5, 0.6) is 0 Å². The first kappa shape index (κ1) is 15.8. The van der Waals surface area contributed by atoms with Gasteiger partial charge in [-0.25, -0.2) is 4.68 Å². The van der Waals surface area contributed by atoms with E-state index < -0.39 is 5.97 Å². The Morgan fingerprint density at radius 3 is 2.55 bits per heavy atom. The standard InChI is InChI=1S/C16H19N3O3/c1-11-14(9-15(20)17-10-16(21)22-3)12(2)19(18-11)13-7-5-4-6-8-13/h4-8H,9-10H2,1-3H3,(H,17,20). The molecule has 2 aromatic rings. The van der Waals surface area contributed by atoms with Crippen LogP contribution in [0.4, 0.5) is 0 Å². The van der Waals surface area contributed by atoms with Crippen molar-refractivity contribution in [3.8, 4) is 5.69 Å². The second-order valence-corrected chi connectivity index (χ2v) is 4.93. The molecule has 1 heterocycles. The molecule has 1 aromatic heterocycles. The number of para-hydroxylation sites is 1. The molecule has 22 heavy (non-hydrogen) atoms. The maximum atomic E-state index is 11.9. The number of aromatic nitrogens is 2. The number of rotatable bonds is 5. The lowest BCUT2D eigenvalue weighted by atomic mass is 10.1. The van der Waals surface area contributed by atoms with Crippen molar-refractivity contribution >= 4 is 11.9 Å². The third kappa shape index (κ3) is 3.52. The van der Waals surface area contributed by atoms with Crippen LogP contribution < -0.4 is 5.32 Å². The van der Waals surface area contributed by atoms with E-state index in [1.807, 2.05) is 48.9 Å². The third-order valence-corrected chi connectivity index (χ3v) is 3.44. The number of nitrogens with one attached hydrogen (secondary N) is 1. The van der Waals surface area contributed by atoms with Gasteiger partial charge in [-0.05, 0) is 26.0 Å². The summed E-state index contributed by atoms with van der Waals surface area (Å²) in [5, 5.41) is 7.02. The number of methoxy groups -OCH3 is 1. The van der Waals surface area contributed by atoms with Gasteiger partial charge in [0.1, 0.15) is 6.54 Å². The zero-order valence-corrected chi connectivity index (χ0v) is 12.9. The van der Waals surface area contributed by atoms with Crippen LogP contribution in [-0.4, -0.2) is 35.3 Å². The van der Waals surface area contributed by atoms with Gasteiger partial charge in [0.15, 0.2) is 0 Å². The molecule has 2 rings (SSSR count). The fourth-order valence-electron chi connectivity index (χ4n) is 2.22. The average Bonchev–Trinajstić information content (AvgIpc) is 2.81. The fraction of sp³-hybridized carbons (Fsp3) is 0.312. The first-order valence-corrected chi connectivity index (χ1v) is 6.97. The number of amides is 1. The minimum atomic E-state index is -0.471. The van der Waals surface area contributed by atoms with Crippen molar-refractivity contribution in [2.75, 3.05) is 13.7 Å². The number of nitrogens with zero attached hydrogens (tertiary/aromatic N) is 2. The topological polar surface area (TPSA) is 73.2 Å². The second kappa shape index (κ2) is 6.89. The van der Waals surface area contributed by atoms with Gasteiger partial charge in [0, 0.05) is 11.3 Å². The van der Waals surface area contributed by atoms with Crippen LogP contribution in [0.2, 0.25) is 0 Å². The summed E-state index contributed by atoms with van der Waals surface area (Å²) in [7, 11) is 1.28. The van der Waals surface area contributed by atoms with Gasteiger partial charge in [-0.15, -0.1) is 0 Å². The number of aryl methyl sites for hydroxylation is 1. The number of carbonyl (C=O) groups excluding carboxylic acids is 2. The van der Waals surface area contributed by atoms with Gasteiger partial charge in [-0.1, -0.05) is 18.2 Å². The van der Waals surface area contributed by atoms with E-state index in [0.29, 0.717) is 0 Å². The Bertz CT molecular complexity index is 677. The first-order valence-electron chi connectivity index (χ1n) is 6.97. The SMILES string of the molecule is COC(=O)CNC(=O)Cc1c(C)nn(-c2ccccc2)c1C. The molecule has 0 aliphatic heterocycles. The molecule has 116 valence electrons. The number of esters is 1. The Morgan fingerprint density at radius 1 is 1.23 bits per heavy atom. The zero-order valence-electron chi connectivity index (χ0n) is 12.9. The highest BCUT2D eigenvalue weighted by molar-refractivity contribution is 5.83. The van der Waals surface area contributed by atoms with E-state index in [4.69, 9.17) is 0 Å². The number of benzene rings is 1. The summed E-state index contributed by atoms with van der Waals surface area (Å²) in [6.45, 7) is 3.67. The van der Waals surface area contributed by atoms with Crippen LogP contribution in [0.1, 0.15) is 17.0 Å². The third-order valence-electron chi connectivity index (χ3n) is 3.44. The molecule has 0 radical (unpaired) electrons. The predicted octanol–water partition coefficient (Wildman–Crippen LogP) is 1.32. The Balaban J connectivity index is 2.14. The van der Waals surface area contributed by atoms with Gasteiger partial charge >= 0.3 is 5.97 Å². The molecule has 0 bridgehead atoms. The van der Waals surface area contributed by atoms with Crippen molar-refractivity contribution in [3.05, 3.63) is 47.3 Å². The molecule has 1 N–H and O–H groups in total. The molecule has 6 nitrogen and oxygen atoms in total. The van der Waals surface area contributed by atoms with Gasteiger partial charge in [0.25, 0.3) is 0 Å². The van der Waals surface area contributed by atoms with Gasteiger partial charge in [0.2, 0.25) is 5.91 Å². The average molecular weight is 301 g/mol. The summed E-state index contributed by atoms with van der Waals surface area (Å²) in [6, 6.07) is 9.74. The zero-order chi connectivity index (χ0) is 16.1. The maximum absolute atomic E-state index is 11.9. The molecule has 0 saturated heterocycles. The number of hydrogen-bond donors (Lipinski definition) is 1. The Labute approximate surface area is 129 Å². The lowest BCUT2D eigenvalue weighted by molar-refractivity contribution is -0.141. The highest BCUT2D eigenvalue weighted by atomic mass is 16.5. The van der Waals surface area contributed by atoms with Crippen LogP contribution in [-0.2, 0) is 20.7 Å². The predicted molar refractivity (Wildman–Crippen MR) is 81.8 cm³/mol. The van der Waals surface area contributed by atoms with Crippen molar-refractivity contribution in [2.45, 2.75) is 20.3 Å². The van der Waals surface area contributed by atoms with E-state index in [9.17, 15) is 9.59 Å². The minimum Gasteiger partial charge on any atom is -0.468 e. The van der Waals surface area contributed by atoms with E-state index in [1.165, 1.54) is 7.11 Å². The monoisotopic (exact) mass is 301 g/mol. The fourth-order valence-corrected chi connectivity index (χ4v) is 2.22. The summed E-state index contributed by atoms with van der Waals surface area (Å²) in [5.74, 6) is -0.703. The molecule has 0 unspecified atom stereocenters. The van der Waals surface area contributed by atoms with Crippen LogP contribution in [0.3, 0.4) is 0 Å². The summed E-state index contributed by atoms with van der Waals surface area (Å²) < 4.78 is 6.31. The molecule has 0 fully saturated rings. The highest BCUT2D eigenvalue weighted by Crippen LogP contribution is 2.18. The molecule has 1 aromatic carbocycles. The molecule has 0 aliphatic rings. The van der Waals surface area contributed by atoms with E-state index in [0.717, 1.165) is 22.6 Å². The quantitative estimate of drug-likeness (QED) is 0.845. The summed E-state index contributed by atoms with van der Waals surface area (Å²) >= 11 is 0. The van der Waals surface area contributed by atoms with Crippen LogP contribution >= 0.6 is 0 Å². The van der Waals surface area contributed by atoms with Crippen molar-refractivity contribution < 1.29 is 14.3 Å². The first-order chi connectivity index (χ1) is 10.5. The maximum Gasteiger partial charge on any atom is 0.325 e. The molecular formula is C16H19N3O3. The summed E-state index contributed by atoms with van der Waals surface area (Å²) in [5.41, 5.74) is 3.53. The van der Waals surface area contributed by atoms with Crippen LogP contribution in [0.25, 0.3) is 5.69 Å². The lowest BCUT2D eigenvalue weighted by Gasteiger charge is -2.06. The van der Waals surface area contributed by atoms with Crippen LogP contribution in [0, 0.1) is 13.8 Å². The Morgan fingerprint density at radius 2 is 1.91 bits per heavy atom. The van der Waals surface area contributed by atoms with E-state index in [2.05, 4.69) is 15.2 Å². The normalized spacial score (nSPS) is 10.3. The summed E-state index contributed by atoms with van der Waals surface area (Å²) in [4.78, 5) is 23.0. The van der Waals surface area contributed by atoms with Gasteiger partial charge in [0.05, 0.1) is 24.9 Å². The smallest absolute Gasteiger partial charge is 0.325 e. The van der Waals surface area contributed by atoms with Gasteiger partial charge in [-0.2, -0.15) is 5.10 Å². The van der Waals surface area contributed by atoms with Crippen molar-refractivity contribution in [1.82, 2.24) is 15.1 Å². The minimum absolute atomic E-state index is 0.125. The van der Waals surface area contributed by atoms with Crippen molar-refractivity contribution in [3.63, 3.8) is 0 Å². The molecule has 0 saturated carbocycles. The number of ether oxygens (including phenoxy) is 1. The second-order valence-electron chi connectivity index (χ2n) is 4.93. The Kier molecular flexibility index (Phi) is 4.93. The van der Waals surface area contributed by atoms with Gasteiger partial charge < -0.3 is 10.1 Å². The lowest BCUT2D eigenvalue weighted by Crippen LogP contribution is -2.31. The van der Waals surface area contributed by atoms with E-state index >= 15 is 0 Å². The number of hydrogen-bond acceptors (Lipinski definition) is 4. The largest absolute Gasteiger partial charge is 0.468 e. The molecule has 0 aliphatic carbocycles.